The molecule has 1 aromatic carbocycles. The predicted octanol–water partition coefficient (Wildman–Crippen LogP) is 1.37. The number of nitrogens with zero attached hydrogens (tertiary/aromatic N) is 4. The summed E-state index contributed by atoms with van der Waals surface area (Å²) in [6.07, 6.45) is 1.34. The average Bonchev–Trinajstić information content (AvgIpc) is 3.36. The van der Waals surface area contributed by atoms with Crippen LogP contribution in [0.25, 0.3) is 0 Å². The Hall–Kier alpha value is -2.30. The number of halogens is 1. The molecule has 0 N–H and O–H groups in total. The first-order chi connectivity index (χ1) is 13.3. The van der Waals surface area contributed by atoms with Crippen LogP contribution in [-0.4, -0.2) is 66.7 Å². The molecule has 0 unspecified atom stereocenters. The third-order valence-electron chi connectivity index (χ3n) is 5.51. The molecule has 2 aliphatic rings. The Bertz CT molecular complexity index is 979. The molecular weight excluding hydrogens is 387 g/mol. The van der Waals surface area contributed by atoms with E-state index in [4.69, 9.17) is 4.52 Å². The largest absolute Gasteiger partial charge is 0.364 e. The van der Waals surface area contributed by atoms with Gasteiger partial charge in [0.15, 0.2) is 5.69 Å². The van der Waals surface area contributed by atoms with Crippen molar-refractivity contribution in [3.8, 4) is 0 Å². The Morgan fingerprint density at radius 3 is 2.68 bits per heavy atom. The molecule has 0 radical (unpaired) electrons. The minimum absolute atomic E-state index is 0.0427. The van der Waals surface area contributed by atoms with Crippen molar-refractivity contribution < 1.29 is 22.1 Å². The molecule has 2 aromatic rings. The number of aromatic nitrogens is 1. The van der Waals surface area contributed by atoms with Crippen molar-refractivity contribution in [1.29, 1.82) is 0 Å². The van der Waals surface area contributed by atoms with Crippen LogP contribution in [0.1, 0.15) is 22.1 Å². The topological polar surface area (TPSA) is 87.0 Å². The van der Waals surface area contributed by atoms with Crippen LogP contribution in [0.4, 0.5) is 4.39 Å². The van der Waals surface area contributed by atoms with Gasteiger partial charge < -0.3 is 9.42 Å². The number of hydrogen-bond donors (Lipinski definition) is 0. The van der Waals surface area contributed by atoms with Crippen LogP contribution in [0.5, 0.6) is 0 Å². The fourth-order valence-electron chi connectivity index (χ4n) is 4.21. The van der Waals surface area contributed by atoms with Gasteiger partial charge in [0.25, 0.3) is 16.1 Å². The second-order valence-electron chi connectivity index (χ2n) is 7.38. The van der Waals surface area contributed by atoms with E-state index in [9.17, 15) is 17.6 Å². The summed E-state index contributed by atoms with van der Waals surface area (Å²) in [5.41, 5.74) is 0.814. The van der Waals surface area contributed by atoms with Gasteiger partial charge in [-0.15, -0.1) is 0 Å². The minimum atomic E-state index is -3.70. The normalized spacial score (nSPS) is 25.4. The molecular formula is C18H21FN4O4S. The summed E-state index contributed by atoms with van der Waals surface area (Å²) >= 11 is 0. The van der Waals surface area contributed by atoms with E-state index in [1.54, 1.807) is 17.0 Å². The van der Waals surface area contributed by atoms with Crippen LogP contribution in [0.3, 0.4) is 0 Å². The molecule has 0 saturated carbocycles. The first kappa shape index (κ1) is 19.0. The highest BCUT2D eigenvalue weighted by Gasteiger charge is 2.52. The molecule has 2 aliphatic heterocycles. The fraction of sp³-hybridized carbons (Fsp3) is 0.444. The summed E-state index contributed by atoms with van der Waals surface area (Å²) in [4.78, 5) is 14.3. The lowest BCUT2D eigenvalue weighted by atomic mass is 9.90. The Balaban J connectivity index is 1.67. The number of amides is 1. The Morgan fingerprint density at radius 2 is 2.04 bits per heavy atom. The van der Waals surface area contributed by atoms with E-state index in [1.165, 1.54) is 47.2 Å². The van der Waals surface area contributed by atoms with E-state index in [2.05, 4.69) is 5.16 Å². The minimum Gasteiger partial charge on any atom is -0.364 e. The zero-order valence-corrected chi connectivity index (χ0v) is 16.3. The van der Waals surface area contributed by atoms with Gasteiger partial charge >= 0.3 is 0 Å². The van der Waals surface area contributed by atoms with Crippen molar-refractivity contribution in [1.82, 2.24) is 18.7 Å². The molecule has 28 heavy (non-hydrogen) atoms. The number of carbonyl (C=O) groups excluding carboxylic acids is 1. The maximum Gasteiger partial charge on any atom is 0.282 e. The zero-order valence-electron chi connectivity index (χ0n) is 15.5. The van der Waals surface area contributed by atoms with Crippen LogP contribution in [-0.2, 0) is 10.2 Å². The molecule has 0 bridgehead atoms. The van der Waals surface area contributed by atoms with Gasteiger partial charge in [0.1, 0.15) is 12.1 Å². The summed E-state index contributed by atoms with van der Waals surface area (Å²) in [6.45, 7) is 1.06. The lowest BCUT2D eigenvalue weighted by molar-refractivity contribution is 0.0763. The van der Waals surface area contributed by atoms with Crippen LogP contribution in [0.15, 0.2) is 41.1 Å². The average molecular weight is 408 g/mol. The maximum atomic E-state index is 13.9. The number of fused-ring (bicyclic) bond motifs is 1. The third kappa shape index (κ3) is 3.11. The summed E-state index contributed by atoms with van der Waals surface area (Å²) in [5.74, 6) is -0.842. The molecule has 1 aromatic heterocycles. The van der Waals surface area contributed by atoms with Gasteiger partial charge in [-0.25, -0.2) is 4.39 Å². The van der Waals surface area contributed by atoms with Crippen LogP contribution in [0, 0.1) is 17.7 Å². The van der Waals surface area contributed by atoms with Crippen molar-refractivity contribution in [2.45, 2.75) is 6.04 Å². The van der Waals surface area contributed by atoms with E-state index in [-0.39, 0.29) is 30.0 Å². The van der Waals surface area contributed by atoms with E-state index in [0.717, 1.165) is 0 Å². The molecule has 1 amide bonds. The van der Waals surface area contributed by atoms with Crippen molar-refractivity contribution in [3.05, 3.63) is 53.7 Å². The molecule has 3 atom stereocenters. The van der Waals surface area contributed by atoms with Gasteiger partial charge in [-0.1, -0.05) is 17.3 Å². The van der Waals surface area contributed by atoms with Crippen LogP contribution >= 0.6 is 0 Å². The lowest BCUT2D eigenvalue weighted by Crippen LogP contribution is -2.42. The van der Waals surface area contributed by atoms with Crippen molar-refractivity contribution >= 4 is 16.1 Å². The molecule has 3 heterocycles. The molecule has 0 spiro atoms. The fourth-order valence-corrected chi connectivity index (χ4v) is 5.57. The molecule has 2 saturated heterocycles. The molecule has 150 valence electrons. The number of rotatable bonds is 4. The predicted molar refractivity (Wildman–Crippen MR) is 97.8 cm³/mol. The SMILES string of the molecule is CN(C)S(=O)(=O)N1C[C@@H]2CN(C(=O)c3ccon3)C[C@@H]2[C@H]1c1cccc(F)c1. The first-order valence-corrected chi connectivity index (χ1v) is 10.3. The molecule has 0 aliphatic carbocycles. The molecule has 2 fully saturated rings. The number of benzene rings is 1. The van der Waals surface area contributed by atoms with Gasteiger partial charge in [0, 0.05) is 45.7 Å². The zero-order chi connectivity index (χ0) is 20.1. The van der Waals surface area contributed by atoms with Crippen LogP contribution in [0.2, 0.25) is 0 Å². The van der Waals surface area contributed by atoms with Crippen molar-refractivity contribution in [2.75, 3.05) is 33.7 Å². The number of hydrogen-bond acceptors (Lipinski definition) is 5. The Kier molecular flexibility index (Phi) is 4.72. The number of carbonyl (C=O) groups is 1. The third-order valence-corrected chi connectivity index (χ3v) is 7.41. The van der Waals surface area contributed by atoms with Gasteiger partial charge in [-0.05, 0) is 23.6 Å². The van der Waals surface area contributed by atoms with E-state index in [0.29, 0.717) is 18.7 Å². The second-order valence-corrected chi connectivity index (χ2v) is 9.47. The highest BCUT2D eigenvalue weighted by molar-refractivity contribution is 7.86. The van der Waals surface area contributed by atoms with Crippen molar-refractivity contribution in [3.63, 3.8) is 0 Å². The first-order valence-electron chi connectivity index (χ1n) is 8.93. The molecule has 10 heteroatoms. The monoisotopic (exact) mass is 408 g/mol. The maximum absolute atomic E-state index is 13.9. The Morgan fingerprint density at radius 1 is 1.25 bits per heavy atom. The standard InChI is InChI=1S/C18H21FN4O4S/c1-21(2)28(25,26)23-10-13-9-22(18(24)16-6-7-27-20-16)11-15(13)17(23)12-4-3-5-14(19)8-12/h3-8,13,15,17H,9-11H2,1-2H3/t13-,15-,17+/m0/s1. The summed E-state index contributed by atoms with van der Waals surface area (Å²) < 4.78 is 47.0. The highest BCUT2D eigenvalue weighted by atomic mass is 32.2. The van der Waals surface area contributed by atoms with Gasteiger partial charge in [-0.2, -0.15) is 17.0 Å². The summed E-state index contributed by atoms with van der Waals surface area (Å²) in [7, 11) is -0.739. The Labute approximate surface area is 162 Å². The molecule has 4 rings (SSSR count). The number of likely N-dealkylation sites (tertiary alicyclic amines) is 1. The van der Waals surface area contributed by atoms with Gasteiger partial charge in [0.2, 0.25) is 0 Å². The van der Waals surface area contributed by atoms with E-state index in [1.807, 2.05) is 0 Å². The van der Waals surface area contributed by atoms with Crippen molar-refractivity contribution in [2.24, 2.45) is 11.8 Å². The highest BCUT2D eigenvalue weighted by Crippen LogP contribution is 2.46. The van der Waals surface area contributed by atoms with E-state index >= 15 is 0 Å². The van der Waals surface area contributed by atoms with E-state index < -0.39 is 22.1 Å². The lowest BCUT2D eigenvalue weighted by Gasteiger charge is -2.31. The summed E-state index contributed by atoms with van der Waals surface area (Å²) in [6, 6.07) is 6.97. The smallest absolute Gasteiger partial charge is 0.282 e. The van der Waals surface area contributed by atoms with Gasteiger partial charge in [-0.3, -0.25) is 4.79 Å². The summed E-state index contributed by atoms with van der Waals surface area (Å²) in [5, 5.41) is 3.69. The van der Waals surface area contributed by atoms with Crippen LogP contribution < -0.4 is 0 Å². The van der Waals surface area contributed by atoms with Gasteiger partial charge in [0.05, 0.1) is 6.04 Å². The second kappa shape index (κ2) is 6.94. The molecule has 8 nitrogen and oxygen atoms in total. The quantitative estimate of drug-likeness (QED) is 0.763.